The van der Waals surface area contributed by atoms with Crippen molar-refractivity contribution in [3.63, 3.8) is 0 Å². The molecule has 4 aromatic carbocycles. The van der Waals surface area contributed by atoms with E-state index in [9.17, 15) is 4.79 Å². The Bertz CT molecular complexity index is 1610. The Hall–Kier alpha value is -4.17. The number of amides is 1. The summed E-state index contributed by atoms with van der Waals surface area (Å²) in [5.41, 5.74) is 10.2. The highest BCUT2D eigenvalue weighted by Crippen LogP contribution is 2.37. The third-order valence-electron chi connectivity index (χ3n) is 9.98. The third kappa shape index (κ3) is 7.74. The fourth-order valence-corrected chi connectivity index (χ4v) is 7.09. The van der Waals surface area contributed by atoms with Gasteiger partial charge in [-0.3, -0.25) is 4.79 Å². The van der Waals surface area contributed by atoms with Gasteiger partial charge >= 0.3 is 0 Å². The standard InChI is InChI=1S/C43H47NO/c1-32(40-16-11-17-41(31-40)36-14-7-4-8-15-36)18-19-42(38-24-22-37(23-25-38)35-12-5-3-6-13-35)30-33(2)34-20-26-39(27-21-34)43(45)44-28-9-10-29-44/h4-5,7-8,11-17,20-27,31-33,42H,3,6,9-10,18-19,28-30H2,1-2H3. The largest absolute Gasteiger partial charge is 0.339 e. The molecule has 0 bridgehead atoms. The zero-order valence-corrected chi connectivity index (χ0v) is 27.0. The van der Waals surface area contributed by atoms with E-state index in [2.05, 4.69) is 123 Å². The first-order valence-electron chi connectivity index (χ1n) is 17.1. The van der Waals surface area contributed by atoms with Crippen molar-refractivity contribution in [2.75, 3.05) is 13.1 Å². The number of rotatable bonds is 11. The lowest BCUT2D eigenvalue weighted by atomic mass is 9.80. The van der Waals surface area contributed by atoms with Crippen LogP contribution >= 0.6 is 0 Å². The van der Waals surface area contributed by atoms with Gasteiger partial charge < -0.3 is 4.90 Å². The number of benzene rings is 4. The molecule has 3 atom stereocenters. The van der Waals surface area contributed by atoms with E-state index >= 15 is 0 Å². The van der Waals surface area contributed by atoms with Crippen LogP contribution in [0.1, 0.15) is 109 Å². The molecule has 0 spiro atoms. The molecule has 0 aromatic heterocycles. The topological polar surface area (TPSA) is 20.3 Å². The van der Waals surface area contributed by atoms with Gasteiger partial charge in [0.1, 0.15) is 0 Å². The Morgan fingerprint density at radius 1 is 0.667 bits per heavy atom. The van der Waals surface area contributed by atoms with E-state index in [1.54, 1.807) is 0 Å². The van der Waals surface area contributed by atoms with Gasteiger partial charge in [0.05, 0.1) is 0 Å². The lowest BCUT2D eigenvalue weighted by Crippen LogP contribution is -2.27. The number of hydrogen-bond acceptors (Lipinski definition) is 1. The van der Waals surface area contributed by atoms with Gasteiger partial charge in [-0.2, -0.15) is 0 Å². The summed E-state index contributed by atoms with van der Waals surface area (Å²) >= 11 is 0. The maximum atomic E-state index is 12.9. The number of allylic oxidation sites excluding steroid dienone is 4. The van der Waals surface area contributed by atoms with Crippen LogP contribution in [0.25, 0.3) is 16.7 Å². The van der Waals surface area contributed by atoms with Crippen molar-refractivity contribution < 1.29 is 4.79 Å². The van der Waals surface area contributed by atoms with Crippen molar-refractivity contribution in [3.8, 4) is 11.1 Å². The highest BCUT2D eigenvalue weighted by molar-refractivity contribution is 5.94. The zero-order valence-electron chi connectivity index (χ0n) is 27.0. The van der Waals surface area contributed by atoms with Crippen molar-refractivity contribution >= 4 is 11.5 Å². The molecule has 1 aliphatic heterocycles. The average Bonchev–Trinajstić information content (AvgIpc) is 3.66. The molecule has 1 amide bonds. The molecule has 6 rings (SSSR count). The maximum Gasteiger partial charge on any atom is 0.253 e. The van der Waals surface area contributed by atoms with Gasteiger partial charge in [0.15, 0.2) is 0 Å². The fourth-order valence-electron chi connectivity index (χ4n) is 7.09. The summed E-state index contributed by atoms with van der Waals surface area (Å²) in [4.78, 5) is 14.9. The van der Waals surface area contributed by atoms with Gasteiger partial charge in [-0.15, -0.1) is 0 Å². The summed E-state index contributed by atoms with van der Waals surface area (Å²) in [5.74, 6) is 1.50. The molecular formula is C43H47NO. The van der Waals surface area contributed by atoms with E-state index < -0.39 is 0 Å². The van der Waals surface area contributed by atoms with Crippen LogP contribution < -0.4 is 0 Å². The first kappa shape index (κ1) is 30.8. The average molecular weight is 594 g/mol. The molecule has 0 radical (unpaired) electrons. The van der Waals surface area contributed by atoms with Gasteiger partial charge in [0.2, 0.25) is 0 Å². The molecule has 2 heteroatoms. The van der Waals surface area contributed by atoms with Crippen LogP contribution in [0.5, 0.6) is 0 Å². The molecule has 3 unspecified atom stereocenters. The molecule has 230 valence electrons. The first-order valence-corrected chi connectivity index (χ1v) is 17.1. The van der Waals surface area contributed by atoms with Crippen LogP contribution in [0.3, 0.4) is 0 Å². The number of likely N-dealkylation sites (tertiary alicyclic amines) is 1. The van der Waals surface area contributed by atoms with Crippen LogP contribution in [0.15, 0.2) is 121 Å². The van der Waals surface area contributed by atoms with Crippen LogP contribution in [0.4, 0.5) is 0 Å². The lowest BCUT2D eigenvalue weighted by molar-refractivity contribution is 0.0793. The Morgan fingerprint density at radius 2 is 1.38 bits per heavy atom. The van der Waals surface area contributed by atoms with Crippen molar-refractivity contribution in [2.24, 2.45) is 0 Å². The van der Waals surface area contributed by atoms with Crippen molar-refractivity contribution in [3.05, 3.63) is 149 Å². The second kappa shape index (κ2) is 14.7. The quantitative estimate of drug-likeness (QED) is 0.169. The van der Waals surface area contributed by atoms with E-state index in [0.717, 1.165) is 63.6 Å². The van der Waals surface area contributed by atoms with Crippen LogP contribution in [-0.4, -0.2) is 23.9 Å². The summed E-state index contributed by atoms with van der Waals surface area (Å²) in [7, 11) is 0. The first-order chi connectivity index (χ1) is 22.0. The molecular weight excluding hydrogens is 546 g/mol. The highest BCUT2D eigenvalue weighted by Gasteiger charge is 2.22. The number of nitrogens with zero attached hydrogens (tertiary/aromatic N) is 1. The normalized spacial score (nSPS) is 16.7. The minimum atomic E-state index is 0.179. The van der Waals surface area contributed by atoms with Crippen LogP contribution in [0, 0.1) is 0 Å². The zero-order chi connectivity index (χ0) is 31.0. The van der Waals surface area contributed by atoms with Gasteiger partial charge in [0.25, 0.3) is 5.91 Å². The fraction of sp³-hybridized carbons (Fsp3) is 0.326. The van der Waals surface area contributed by atoms with Crippen LogP contribution in [0.2, 0.25) is 0 Å². The number of carbonyl (C=O) groups excluding carboxylic acids is 1. The van der Waals surface area contributed by atoms with E-state index in [4.69, 9.17) is 0 Å². The smallest absolute Gasteiger partial charge is 0.253 e. The van der Waals surface area contributed by atoms with Crippen molar-refractivity contribution in [1.82, 2.24) is 4.90 Å². The van der Waals surface area contributed by atoms with Crippen molar-refractivity contribution in [2.45, 2.75) is 76.5 Å². The predicted octanol–water partition coefficient (Wildman–Crippen LogP) is 11.2. The molecule has 0 N–H and O–H groups in total. The Balaban J connectivity index is 1.18. The molecule has 2 aliphatic rings. The van der Waals surface area contributed by atoms with Crippen LogP contribution in [-0.2, 0) is 0 Å². The molecule has 45 heavy (non-hydrogen) atoms. The lowest BCUT2D eigenvalue weighted by Gasteiger charge is -2.24. The summed E-state index contributed by atoms with van der Waals surface area (Å²) in [6, 6.07) is 37.6. The summed E-state index contributed by atoms with van der Waals surface area (Å²) in [5, 5.41) is 0. The highest BCUT2D eigenvalue weighted by atomic mass is 16.2. The summed E-state index contributed by atoms with van der Waals surface area (Å²) in [6.45, 7) is 6.51. The van der Waals surface area contributed by atoms with E-state index in [1.807, 2.05) is 17.0 Å². The molecule has 1 saturated heterocycles. The molecule has 1 heterocycles. The summed E-state index contributed by atoms with van der Waals surface area (Å²) in [6.07, 6.45) is 14.8. The number of carbonyl (C=O) groups is 1. The molecule has 2 nitrogen and oxygen atoms in total. The second-order valence-corrected chi connectivity index (χ2v) is 13.2. The van der Waals surface area contributed by atoms with E-state index in [-0.39, 0.29) is 5.91 Å². The Labute approximate surface area is 270 Å². The van der Waals surface area contributed by atoms with Gasteiger partial charge in [-0.1, -0.05) is 123 Å². The van der Waals surface area contributed by atoms with E-state index in [0.29, 0.717) is 17.8 Å². The molecule has 1 aliphatic carbocycles. The number of hydrogen-bond donors (Lipinski definition) is 0. The Kier molecular flexibility index (Phi) is 10.1. The third-order valence-corrected chi connectivity index (χ3v) is 9.98. The molecule has 0 saturated carbocycles. The SMILES string of the molecule is CC(CCC(CC(C)c1ccc(C(=O)N2CCCC2)cc1)c1ccc(C2=CCCC=C2)cc1)c1cccc(-c2ccccc2)c1. The van der Waals surface area contributed by atoms with Gasteiger partial charge in [0, 0.05) is 18.7 Å². The van der Waals surface area contributed by atoms with E-state index in [1.165, 1.54) is 39.0 Å². The molecule has 1 fully saturated rings. The maximum absolute atomic E-state index is 12.9. The molecule has 4 aromatic rings. The monoisotopic (exact) mass is 593 g/mol. The minimum absolute atomic E-state index is 0.179. The van der Waals surface area contributed by atoms with Crippen molar-refractivity contribution in [1.29, 1.82) is 0 Å². The van der Waals surface area contributed by atoms with Gasteiger partial charge in [-0.05, 0) is 114 Å². The predicted molar refractivity (Wildman–Crippen MR) is 190 cm³/mol. The minimum Gasteiger partial charge on any atom is -0.339 e. The Morgan fingerprint density at radius 3 is 2.09 bits per heavy atom. The summed E-state index contributed by atoms with van der Waals surface area (Å²) < 4.78 is 0. The van der Waals surface area contributed by atoms with Gasteiger partial charge in [-0.25, -0.2) is 0 Å². The second-order valence-electron chi connectivity index (χ2n) is 13.2.